The highest BCUT2D eigenvalue weighted by molar-refractivity contribution is 7.92. The zero-order valence-corrected chi connectivity index (χ0v) is 14.8. The average molecular weight is 371 g/mol. The van der Waals surface area contributed by atoms with E-state index in [9.17, 15) is 17.6 Å². The third kappa shape index (κ3) is 2.89. The molecule has 2 aliphatic heterocycles. The third-order valence-electron chi connectivity index (χ3n) is 5.13. The maximum Gasteiger partial charge on any atom is 0.183 e. The Morgan fingerprint density at radius 2 is 1.85 bits per heavy atom. The van der Waals surface area contributed by atoms with Gasteiger partial charge < -0.3 is 0 Å². The number of halogens is 1. The maximum atomic E-state index is 13.5. The molecule has 1 fully saturated rings. The number of hydrogen-bond donors (Lipinski definition) is 0. The van der Waals surface area contributed by atoms with E-state index in [1.54, 1.807) is 48.5 Å². The molecule has 3 atom stereocenters. The van der Waals surface area contributed by atoms with Crippen LogP contribution in [0.25, 0.3) is 0 Å². The predicted octanol–water partition coefficient (Wildman–Crippen LogP) is 2.75. The van der Waals surface area contributed by atoms with Gasteiger partial charge in [0.15, 0.2) is 15.6 Å². The van der Waals surface area contributed by atoms with E-state index in [-0.39, 0.29) is 22.9 Å². The van der Waals surface area contributed by atoms with Crippen LogP contribution in [0.5, 0.6) is 0 Å². The van der Waals surface area contributed by atoms with Gasteiger partial charge in [0.2, 0.25) is 0 Å². The van der Waals surface area contributed by atoms with Crippen LogP contribution < -0.4 is 0 Å². The molecule has 2 aliphatic rings. The Balaban J connectivity index is 1.68. The number of benzene rings is 2. The molecule has 0 amide bonds. The highest BCUT2D eigenvalue weighted by atomic mass is 32.2. The molecule has 1 saturated heterocycles. The highest BCUT2D eigenvalue weighted by Gasteiger charge is 2.50. The summed E-state index contributed by atoms with van der Waals surface area (Å²) in [5.74, 6) is -0.439. The molecule has 4 rings (SSSR count). The van der Waals surface area contributed by atoms with Crippen molar-refractivity contribution in [2.75, 3.05) is 0 Å². The van der Waals surface area contributed by atoms with Gasteiger partial charge in [0.05, 0.1) is 16.2 Å². The summed E-state index contributed by atoms with van der Waals surface area (Å²) in [6, 6.07) is 13.6. The van der Waals surface area contributed by atoms with Gasteiger partial charge in [-0.05, 0) is 42.3 Å². The van der Waals surface area contributed by atoms with Crippen LogP contribution in [0.15, 0.2) is 71.6 Å². The summed E-state index contributed by atoms with van der Waals surface area (Å²) in [7, 11) is -3.57. The molecule has 134 valence electrons. The van der Waals surface area contributed by atoms with E-state index >= 15 is 0 Å². The van der Waals surface area contributed by atoms with E-state index in [0.717, 1.165) is 5.56 Å². The van der Waals surface area contributed by atoms with Crippen LogP contribution in [-0.4, -0.2) is 36.4 Å². The Labute approximate surface area is 151 Å². The largest absolute Gasteiger partial charge is 0.293 e. The molecule has 0 saturated carbocycles. The minimum atomic E-state index is -3.57. The van der Waals surface area contributed by atoms with E-state index < -0.39 is 27.2 Å². The van der Waals surface area contributed by atoms with E-state index in [2.05, 4.69) is 0 Å². The molecule has 26 heavy (non-hydrogen) atoms. The molecular weight excluding hydrogens is 353 g/mol. The summed E-state index contributed by atoms with van der Waals surface area (Å²) < 4.78 is 39.7. The lowest BCUT2D eigenvalue weighted by molar-refractivity contribution is -0.119. The van der Waals surface area contributed by atoms with Gasteiger partial charge in [-0.3, -0.25) is 9.69 Å². The fourth-order valence-corrected chi connectivity index (χ4v) is 5.83. The SMILES string of the molecule is O=C1C=C[C@H]2[C@@H](S(=O)(=O)c3ccccc3)C[C@H]1N2Cc1cccc(F)c1. The van der Waals surface area contributed by atoms with Crippen LogP contribution in [-0.2, 0) is 21.2 Å². The first kappa shape index (κ1) is 17.1. The van der Waals surface area contributed by atoms with Crippen molar-refractivity contribution < 1.29 is 17.6 Å². The van der Waals surface area contributed by atoms with Crippen molar-refractivity contribution in [1.29, 1.82) is 0 Å². The Kier molecular flexibility index (Phi) is 4.25. The second kappa shape index (κ2) is 6.45. The second-order valence-electron chi connectivity index (χ2n) is 6.70. The van der Waals surface area contributed by atoms with Gasteiger partial charge in [-0.15, -0.1) is 0 Å². The average Bonchev–Trinajstić information content (AvgIpc) is 2.89. The highest BCUT2D eigenvalue weighted by Crippen LogP contribution is 2.37. The number of rotatable bonds is 4. The number of sulfone groups is 1. The molecule has 2 bridgehead atoms. The molecule has 0 aliphatic carbocycles. The Bertz CT molecular complexity index is 972. The topological polar surface area (TPSA) is 54.5 Å². The lowest BCUT2D eigenvalue weighted by atomic mass is 10.1. The van der Waals surface area contributed by atoms with Crippen molar-refractivity contribution in [1.82, 2.24) is 4.90 Å². The first-order valence-corrected chi connectivity index (χ1v) is 10.0. The summed E-state index contributed by atoms with van der Waals surface area (Å²) in [6.45, 7) is 0.337. The zero-order chi connectivity index (χ0) is 18.3. The number of carbonyl (C=O) groups excluding carboxylic acids is 1. The first-order valence-electron chi connectivity index (χ1n) is 8.48. The summed E-state index contributed by atoms with van der Waals surface area (Å²) in [6.07, 6.45) is 3.41. The molecule has 0 spiro atoms. The van der Waals surface area contributed by atoms with Crippen LogP contribution in [0.4, 0.5) is 4.39 Å². The molecule has 0 aromatic heterocycles. The van der Waals surface area contributed by atoms with Crippen LogP contribution in [0.2, 0.25) is 0 Å². The van der Waals surface area contributed by atoms with Crippen molar-refractivity contribution in [3.05, 3.63) is 78.1 Å². The molecule has 6 heteroatoms. The number of nitrogens with zero attached hydrogens (tertiary/aromatic N) is 1. The van der Waals surface area contributed by atoms with Crippen LogP contribution >= 0.6 is 0 Å². The standard InChI is InChI=1S/C20H18FNO3S/c21-15-6-4-5-14(11-15)13-22-17-9-10-19(23)18(22)12-20(17)26(24,25)16-7-2-1-3-8-16/h1-11,17-18,20H,12-13H2/t17-,18+,20-/m0/s1. The number of ketones is 1. The minimum Gasteiger partial charge on any atom is -0.293 e. The van der Waals surface area contributed by atoms with Crippen molar-refractivity contribution in [2.24, 2.45) is 0 Å². The number of fused-ring (bicyclic) bond motifs is 2. The predicted molar refractivity (Wildman–Crippen MR) is 95.7 cm³/mol. The van der Waals surface area contributed by atoms with Gasteiger partial charge in [-0.25, -0.2) is 12.8 Å². The number of carbonyl (C=O) groups is 1. The Hall–Kier alpha value is -2.31. The lowest BCUT2D eigenvalue weighted by Gasteiger charge is -2.31. The maximum absolute atomic E-state index is 13.5. The molecule has 4 nitrogen and oxygen atoms in total. The van der Waals surface area contributed by atoms with E-state index in [0.29, 0.717) is 6.54 Å². The van der Waals surface area contributed by atoms with Gasteiger partial charge in [0.1, 0.15) is 5.82 Å². The van der Waals surface area contributed by atoms with E-state index in [1.807, 2.05) is 4.90 Å². The van der Waals surface area contributed by atoms with Crippen molar-refractivity contribution in [2.45, 2.75) is 35.2 Å². The van der Waals surface area contributed by atoms with Gasteiger partial charge in [-0.1, -0.05) is 36.4 Å². The van der Waals surface area contributed by atoms with E-state index in [4.69, 9.17) is 0 Å². The van der Waals surface area contributed by atoms with Gasteiger partial charge >= 0.3 is 0 Å². The van der Waals surface area contributed by atoms with E-state index in [1.165, 1.54) is 18.2 Å². The zero-order valence-electron chi connectivity index (χ0n) is 14.0. The quantitative estimate of drug-likeness (QED) is 0.829. The van der Waals surface area contributed by atoms with Crippen molar-refractivity contribution in [3.63, 3.8) is 0 Å². The third-order valence-corrected chi connectivity index (χ3v) is 7.33. The van der Waals surface area contributed by atoms with Gasteiger partial charge in [-0.2, -0.15) is 0 Å². The monoisotopic (exact) mass is 371 g/mol. The molecular formula is C20H18FNO3S. The fraction of sp³-hybridized carbons (Fsp3) is 0.250. The summed E-state index contributed by atoms with van der Waals surface area (Å²) in [5.41, 5.74) is 0.723. The summed E-state index contributed by atoms with van der Waals surface area (Å²) in [4.78, 5) is 14.5. The molecule has 0 N–H and O–H groups in total. The Morgan fingerprint density at radius 1 is 1.08 bits per heavy atom. The first-order chi connectivity index (χ1) is 12.5. The summed E-state index contributed by atoms with van der Waals surface area (Å²) >= 11 is 0. The molecule has 2 heterocycles. The van der Waals surface area contributed by atoms with Crippen LogP contribution in [0.1, 0.15) is 12.0 Å². The van der Waals surface area contributed by atoms with Gasteiger partial charge in [0.25, 0.3) is 0 Å². The molecule has 2 aromatic rings. The molecule has 0 radical (unpaired) electrons. The number of hydrogen-bond acceptors (Lipinski definition) is 4. The second-order valence-corrected chi connectivity index (χ2v) is 8.87. The van der Waals surface area contributed by atoms with Crippen LogP contribution in [0.3, 0.4) is 0 Å². The Morgan fingerprint density at radius 3 is 2.58 bits per heavy atom. The minimum absolute atomic E-state index is 0.0941. The fourth-order valence-electron chi connectivity index (χ4n) is 3.89. The molecule has 2 aromatic carbocycles. The van der Waals surface area contributed by atoms with Crippen LogP contribution in [0, 0.1) is 5.82 Å². The summed E-state index contributed by atoms with van der Waals surface area (Å²) in [5, 5.41) is -0.689. The molecule has 0 unspecified atom stereocenters. The normalized spacial score (nSPS) is 25.6. The van der Waals surface area contributed by atoms with Crippen molar-refractivity contribution in [3.8, 4) is 0 Å². The van der Waals surface area contributed by atoms with Crippen molar-refractivity contribution >= 4 is 15.6 Å². The van der Waals surface area contributed by atoms with Gasteiger partial charge in [0, 0.05) is 12.6 Å². The smallest absolute Gasteiger partial charge is 0.183 e. The lowest BCUT2D eigenvalue weighted by Crippen LogP contribution is -2.44.